The standard InChI is InChI=1S/C11H10O2S.C10H10S.C4H8O.CH4/c1-6-3-4-7(2)10-8(6)5-9(14-10)11(12)13;1-7-3-4-8(2)10-9(7)5-6-11-10;1-2-4-5-3-1;/h3-5H,1-2H3,(H,12,13);3-6H,1-2H3;1-4H2;1H4. The summed E-state index contributed by atoms with van der Waals surface area (Å²) >= 11 is 3.17. The van der Waals surface area contributed by atoms with Gasteiger partial charge in [-0.05, 0) is 91.1 Å². The Hall–Kier alpha value is -2.21. The predicted molar refractivity (Wildman–Crippen MR) is 136 cm³/mol. The molecule has 0 aliphatic carbocycles. The average Bonchev–Trinajstić information content (AvgIpc) is 3.50. The highest BCUT2D eigenvalue weighted by atomic mass is 32.1. The Bertz CT molecular complexity index is 1070. The summed E-state index contributed by atoms with van der Waals surface area (Å²) < 4.78 is 7.47. The van der Waals surface area contributed by atoms with Gasteiger partial charge in [-0.15, -0.1) is 22.7 Å². The number of hydrogen-bond donors (Lipinski definition) is 1. The number of carbonyl (C=O) groups is 1. The maximum atomic E-state index is 10.8. The van der Waals surface area contributed by atoms with Crippen LogP contribution >= 0.6 is 22.7 Å². The van der Waals surface area contributed by atoms with Crippen LogP contribution in [0.3, 0.4) is 0 Å². The van der Waals surface area contributed by atoms with Crippen molar-refractivity contribution in [2.75, 3.05) is 13.2 Å². The van der Waals surface area contributed by atoms with Crippen LogP contribution in [0.15, 0.2) is 41.8 Å². The second-order valence-corrected chi connectivity index (χ2v) is 9.51. The zero-order chi connectivity index (χ0) is 21.7. The van der Waals surface area contributed by atoms with Gasteiger partial charge < -0.3 is 9.84 Å². The predicted octanol–water partition coefficient (Wildman–Crippen LogP) is 8.17. The molecule has 1 fully saturated rings. The van der Waals surface area contributed by atoms with Gasteiger partial charge in [-0.25, -0.2) is 4.79 Å². The van der Waals surface area contributed by atoms with Gasteiger partial charge in [-0.1, -0.05) is 31.7 Å². The van der Waals surface area contributed by atoms with Crippen LogP contribution in [0, 0.1) is 27.7 Å². The van der Waals surface area contributed by atoms with Crippen LogP contribution in [0.1, 0.15) is 52.2 Å². The largest absolute Gasteiger partial charge is 0.477 e. The van der Waals surface area contributed by atoms with E-state index < -0.39 is 5.97 Å². The van der Waals surface area contributed by atoms with Crippen molar-refractivity contribution in [3.8, 4) is 0 Å². The van der Waals surface area contributed by atoms with Gasteiger partial charge in [0.1, 0.15) is 4.88 Å². The number of hydrogen-bond acceptors (Lipinski definition) is 4. The Balaban J connectivity index is 0.000000179. The minimum absolute atomic E-state index is 0. The summed E-state index contributed by atoms with van der Waals surface area (Å²) in [4.78, 5) is 11.2. The van der Waals surface area contributed by atoms with Crippen molar-refractivity contribution in [2.45, 2.75) is 48.0 Å². The summed E-state index contributed by atoms with van der Waals surface area (Å²) in [7, 11) is 0. The van der Waals surface area contributed by atoms with Crippen molar-refractivity contribution < 1.29 is 14.6 Å². The molecule has 1 aliphatic heterocycles. The SMILES string of the molecule is C.C1CCOC1.Cc1ccc(C)c2sc(C(=O)O)cc12.Cc1ccc(C)c2sccc12. The van der Waals surface area contributed by atoms with Gasteiger partial charge in [0, 0.05) is 22.6 Å². The molecule has 31 heavy (non-hydrogen) atoms. The zero-order valence-electron chi connectivity index (χ0n) is 18.0. The lowest BCUT2D eigenvalue weighted by molar-refractivity contribution is 0.0702. The first kappa shape index (κ1) is 25.1. The van der Waals surface area contributed by atoms with Crippen LogP contribution in [0.4, 0.5) is 0 Å². The smallest absolute Gasteiger partial charge is 0.345 e. The van der Waals surface area contributed by atoms with Gasteiger partial charge in [0.15, 0.2) is 0 Å². The molecule has 0 saturated carbocycles. The monoisotopic (exact) mass is 456 g/mol. The second kappa shape index (κ2) is 11.4. The van der Waals surface area contributed by atoms with Gasteiger partial charge in [0.25, 0.3) is 0 Å². The molecule has 2 aromatic carbocycles. The molecule has 0 bridgehead atoms. The molecule has 2 aromatic heterocycles. The Morgan fingerprint density at radius 2 is 1.39 bits per heavy atom. The average molecular weight is 457 g/mol. The van der Waals surface area contributed by atoms with Crippen molar-refractivity contribution in [3.63, 3.8) is 0 Å². The molecule has 3 nitrogen and oxygen atoms in total. The Labute approximate surface area is 193 Å². The number of rotatable bonds is 1. The van der Waals surface area contributed by atoms with E-state index in [0.29, 0.717) is 4.88 Å². The number of thiophene rings is 2. The summed E-state index contributed by atoms with van der Waals surface area (Å²) in [6.45, 7) is 10.3. The van der Waals surface area contributed by atoms with Crippen LogP contribution in [0.25, 0.3) is 20.2 Å². The van der Waals surface area contributed by atoms with E-state index in [1.54, 1.807) is 6.07 Å². The lowest BCUT2D eigenvalue weighted by Gasteiger charge is -1.97. The summed E-state index contributed by atoms with van der Waals surface area (Å²) in [5.41, 5.74) is 5.05. The van der Waals surface area contributed by atoms with Crippen molar-refractivity contribution in [2.24, 2.45) is 0 Å². The lowest BCUT2D eigenvalue weighted by atomic mass is 10.1. The highest BCUT2D eigenvalue weighted by Crippen LogP contribution is 2.31. The number of aryl methyl sites for hydroxylation is 4. The minimum Gasteiger partial charge on any atom is -0.477 e. The lowest BCUT2D eigenvalue weighted by Crippen LogP contribution is -1.89. The normalized spacial score (nSPS) is 12.5. The van der Waals surface area contributed by atoms with Crippen molar-refractivity contribution in [1.29, 1.82) is 0 Å². The van der Waals surface area contributed by atoms with Crippen LogP contribution in [-0.2, 0) is 4.74 Å². The van der Waals surface area contributed by atoms with Gasteiger partial charge in [-0.2, -0.15) is 0 Å². The number of carboxylic acids is 1. The molecule has 1 aliphatic rings. The fourth-order valence-electron chi connectivity index (χ4n) is 3.35. The van der Waals surface area contributed by atoms with E-state index in [-0.39, 0.29) is 7.43 Å². The van der Waals surface area contributed by atoms with Crippen LogP contribution < -0.4 is 0 Å². The Morgan fingerprint density at radius 1 is 0.839 bits per heavy atom. The fraction of sp³-hybridized carbons (Fsp3) is 0.346. The fourth-order valence-corrected chi connectivity index (χ4v) is 5.34. The molecule has 166 valence electrons. The number of benzene rings is 2. The van der Waals surface area contributed by atoms with Gasteiger partial charge in [0.05, 0.1) is 0 Å². The van der Waals surface area contributed by atoms with Crippen molar-refractivity contribution in [1.82, 2.24) is 0 Å². The van der Waals surface area contributed by atoms with Crippen LogP contribution in [-0.4, -0.2) is 24.3 Å². The van der Waals surface area contributed by atoms with E-state index in [9.17, 15) is 4.79 Å². The number of carboxylic acid groups (broad SMARTS) is 1. The molecule has 0 amide bonds. The summed E-state index contributed by atoms with van der Waals surface area (Å²) in [6, 6.07) is 12.4. The van der Waals surface area contributed by atoms with Crippen molar-refractivity contribution >= 4 is 48.8 Å². The molecular formula is C26H32O3S2. The summed E-state index contributed by atoms with van der Waals surface area (Å²) in [6.07, 6.45) is 2.56. The first-order valence-corrected chi connectivity index (χ1v) is 11.8. The summed E-state index contributed by atoms with van der Waals surface area (Å²) in [5, 5.41) is 13.5. The third-order valence-corrected chi connectivity index (χ3v) is 7.48. The maximum Gasteiger partial charge on any atom is 0.345 e. The van der Waals surface area contributed by atoms with E-state index in [2.05, 4.69) is 37.4 Å². The molecule has 1 N–H and O–H groups in total. The quantitative estimate of drug-likeness (QED) is 0.314. The third-order valence-electron chi connectivity index (χ3n) is 5.17. The number of ether oxygens (including phenoxy) is 1. The highest BCUT2D eigenvalue weighted by molar-refractivity contribution is 7.21. The molecule has 0 radical (unpaired) electrons. The van der Waals surface area contributed by atoms with Gasteiger partial charge in [0.2, 0.25) is 0 Å². The van der Waals surface area contributed by atoms with Gasteiger partial charge in [-0.3, -0.25) is 0 Å². The maximum absolute atomic E-state index is 10.8. The number of fused-ring (bicyclic) bond motifs is 2. The molecule has 5 rings (SSSR count). The van der Waals surface area contributed by atoms with Crippen LogP contribution in [0.2, 0.25) is 0 Å². The molecule has 1 saturated heterocycles. The zero-order valence-corrected chi connectivity index (χ0v) is 19.6. The van der Waals surface area contributed by atoms with Gasteiger partial charge >= 0.3 is 5.97 Å². The molecule has 0 atom stereocenters. The molecule has 4 aromatic rings. The second-order valence-electron chi connectivity index (χ2n) is 7.54. The Morgan fingerprint density at radius 3 is 1.87 bits per heavy atom. The van der Waals surface area contributed by atoms with E-state index in [0.717, 1.165) is 34.4 Å². The third kappa shape index (κ3) is 6.16. The van der Waals surface area contributed by atoms with Crippen LogP contribution in [0.5, 0.6) is 0 Å². The van der Waals surface area contributed by atoms with E-state index in [4.69, 9.17) is 9.84 Å². The molecule has 3 heterocycles. The summed E-state index contributed by atoms with van der Waals surface area (Å²) in [5.74, 6) is -0.843. The van der Waals surface area contributed by atoms with E-state index in [1.807, 2.05) is 37.3 Å². The molecule has 0 spiro atoms. The first-order valence-electron chi connectivity index (χ1n) is 10.1. The molecule has 0 unspecified atom stereocenters. The van der Waals surface area contributed by atoms with E-state index in [1.165, 1.54) is 45.4 Å². The highest BCUT2D eigenvalue weighted by Gasteiger charge is 2.10. The first-order chi connectivity index (χ1) is 14.4. The topological polar surface area (TPSA) is 46.5 Å². The Kier molecular flexibility index (Phi) is 9.23. The number of aromatic carboxylic acids is 1. The van der Waals surface area contributed by atoms with E-state index >= 15 is 0 Å². The molecule has 5 heteroatoms. The molecular weight excluding hydrogens is 424 g/mol. The minimum atomic E-state index is -0.843. The van der Waals surface area contributed by atoms with Crippen molar-refractivity contribution in [3.05, 3.63) is 68.9 Å².